The van der Waals surface area contributed by atoms with E-state index >= 15 is 0 Å². The Balaban J connectivity index is 2.01. The lowest BCUT2D eigenvalue weighted by molar-refractivity contribution is 0.319. The standard InChI is InChI=1S/C18H23NO2S/c1-13(2)12-21-17-10-15(7-8-16(17)20-4)11-19-14(3)18-6-5-9-22-18/h5-10,14,19H,1,11-12H2,2-4H3. The van der Waals surface area contributed by atoms with Crippen LogP contribution < -0.4 is 14.8 Å². The van der Waals surface area contributed by atoms with Gasteiger partial charge in [0, 0.05) is 17.5 Å². The Labute approximate surface area is 136 Å². The molecule has 0 radical (unpaired) electrons. The second-order valence-electron chi connectivity index (χ2n) is 5.35. The van der Waals surface area contributed by atoms with E-state index in [-0.39, 0.29) is 0 Å². The minimum absolute atomic E-state index is 0.335. The van der Waals surface area contributed by atoms with Gasteiger partial charge in [0.05, 0.1) is 7.11 Å². The normalized spacial score (nSPS) is 12.0. The highest BCUT2D eigenvalue weighted by atomic mass is 32.1. The lowest BCUT2D eigenvalue weighted by Crippen LogP contribution is -2.17. The summed E-state index contributed by atoms with van der Waals surface area (Å²) in [5.74, 6) is 1.50. The summed E-state index contributed by atoms with van der Waals surface area (Å²) in [5, 5.41) is 5.63. The monoisotopic (exact) mass is 317 g/mol. The van der Waals surface area contributed by atoms with E-state index in [1.165, 1.54) is 10.4 Å². The molecule has 0 saturated heterocycles. The first-order valence-corrected chi connectivity index (χ1v) is 8.19. The third-order valence-electron chi connectivity index (χ3n) is 3.28. The molecule has 118 valence electrons. The minimum atomic E-state index is 0.335. The maximum absolute atomic E-state index is 5.76. The van der Waals surface area contributed by atoms with Crippen LogP contribution in [0, 0.1) is 0 Å². The summed E-state index contributed by atoms with van der Waals surface area (Å²) in [7, 11) is 1.65. The van der Waals surface area contributed by atoms with Gasteiger partial charge in [-0.3, -0.25) is 0 Å². The van der Waals surface area contributed by atoms with E-state index in [0.29, 0.717) is 12.6 Å². The molecule has 0 spiro atoms. The van der Waals surface area contributed by atoms with Crippen LogP contribution in [0.15, 0.2) is 47.9 Å². The molecule has 4 heteroatoms. The quantitative estimate of drug-likeness (QED) is 0.724. The Hall–Kier alpha value is -1.78. The lowest BCUT2D eigenvalue weighted by Gasteiger charge is -2.15. The molecular weight excluding hydrogens is 294 g/mol. The first-order chi connectivity index (χ1) is 10.6. The van der Waals surface area contributed by atoms with Crippen LogP contribution in [0.4, 0.5) is 0 Å². The van der Waals surface area contributed by atoms with Crippen LogP contribution in [0.5, 0.6) is 11.5 Å². The van der Waals surface area contributed by atoms with Gasteiger partial charge in [0.15, 0.2) is 11.5 Å². The largest absolute Gasteiger partial charge is 0.493 e. The van der Waals surface area contributed by atoms with E-state index in [2.05, 4.69) is 42.4 Å². The molecule has 0 aliphatic rings. The molecule has 1 atom stereocenters. The number of benzene rings is 1. The fourth-order valence-corrected chi connectivity index (χ4v) is 2.81. The molecule has 1 aromatic heterocycles. The predicted molar refractivity (Wildman–Crippen MR) is 92.9 cm³/mol. The predicted octanol–water partition coefficient (Wildman–Crippen LogP) is 4.56. The van der Waals surface area contributed by atoms with E-state index in [4.69, 9.17) is 9.47 Å². The van der Waals surface area contributed by atoms with Crippen LogP contribution in [0.2, 0.25) is 0 Å². The zero-order valence-electron chi connectivity index (χ0n) is 13.4. The van der Waals surface area contributed by atoms with Crippen molar-refractivity contribution in [1.29, 1.82) is 0 Å². The van der Waals surface area contributed by atoms with Gasteiger partial charge in [-0.25, -0.2) is 0 Å². The molecule has 0 aliphatic heterocycles. The van der Waals surface area contributed by atoms with Gasteiger partial charge >= 0.3 is 0 Å². The zero-order chi connectivity index (χ0) is 15.9. The van der Waals surface area contributed by atoms with Crippen LogP contribution in [-0.4, -0.2) is 13.7 Å². The maximum Gasteiger partial charge on any atom is 0.161 e. The third kappa shape index (κ3) is 4.61. The van der Waals surface area contributed by atoms with Crippen LogP contribution in [-0.2, 0) is 6.54 Å². The average molecular weight is 317 g/mol. The van der Waals surface area contributed by atoms with Crippen LogP contribution in [0.1, 0.15) is 30.3 Å². The summed E-state index contributed by atoms with van der Waals surface area (Å²) in [6.45, 7) is 9.26. The number of hydrogen-bond acceptors (Lipinski definition) is 4. The second kappa shape index (κ2) is 8.01. The van der Waals surface area contributed by atoms with Crippen molar-refractivity contribution in [2.24, 2.45) is 0 Å². The average Bonchev–Trinajstić information content (AvgIpc) is 3.05. The molecule has 1 N–H and O–H groups in total. The van der Waals surface area contributed by atoms with E-state index in [1.54, 1.807) is 18.4 Å². The van der Waals surface area contributed by atoms with Gasteiger partial charge in [-0.1, -0.05) is 18.7 Å². The summed E-state index contributed by atoms with van der Waals surface area (Å²) < 4.78 is 11.1. The molecule has 0 saturated carbocycles. The Kier molecular flexibility index (Phi) is 6.04. The van der Waals surface area contributed by atoms with Crippen molar-refractivity contribution in [1.82, 2.24) is 5.32 Å². The van der Waals surface area contributed by atoms with Gasteiger partial charge in [0.25, 0.3) is 0 Å². The van der Waals surface area contributed by atoms with Crippen molar-refractivity contribution < 1.29 is 9.47 Å². The van der Waals surface area contributed by atoms with Crippen LogP contribution in [0.25, 0.3) is 0 Å². The molecule has 0 fully saturated rings. The molecule has 0 amide bonds. The number of nitrogens with one attached hydrogen (secondary N) is 1. The highest BCUT2D eigenvalue weighted by molar-refractivity contribution is 7.10. The van der Waals surface area contributed by atoms with Crippen molar-refractivity contribution in [3.05, 3.63) is 58.3 Å². The number of thiophene rings is 1. The first-order valence-electron chi connectivity index (χ1n) is 7.31. The van der Waals surface area contributed by atoms with Gasteiger partial charge in [0.2, 0.25) is 0 Å². The zero-order valence-corrected chi connectivity index (χ0v) is 14.2. The molecule has 1 aromatic carbocycles. The van der Waals surface area contributed by atoms with E-state index in [9.17, 15) is 0 Å². The minimum Gasteiger partial charge on any atom is -0.493 e. The van der Waals surface area contributed by atoms with Gasteiger partial charge in [-0.15, -0.1) is 11.3 Å². The fraction of sp³-hybridized carbons (Fsp3) is 0.333. The molecule has 2 rings (SSSR count). The number of methoxy groups -OCH3 is 1. The van der Waals surface area contributed by atoms with Gasteiger partial charge in [-0.2, -0.15) is 0 Å². The fourth-order valence-electron chi connectivity index (χ4n) is 2.05. The van der Waals surface area contributed by atoms with Crippen LogP contribution >= 0.6 is 11.3 Å². The molecule has 0 aliphatic carbocycles. The summed E-state index contributed by atoms with van der Waals surface area (Å²) in [5.41, 5.74) is 2.15. The highest BCUT2D eigenvalue weighted by Crippen LogP contribution is 2.28. The first kappa shape index (κ1) is 16.6. The smallest absolute Gasteiger partial charge is 0.161 e. The molecule has 0 bridgehead atoms. The van der Waals surface area contributed by atoms with E-state index in [1.807, 2.05) is 19.1 Å². The highest BCUT2D eigenvalue weighted by Gasteiger charge is 2.09. The second-order valence-corrected chi connectivity index (χ2v) is 6.33. The lowest BCUT2D eigenvalue weighted by atomic mass is 10.2. The van der Waals surface area contributed by atoms with Crippen molar-refractivity contribution in [2.45, 2.75) is 26.4 Å². The van der Waals surface area contributed by atoms with Crippen molar-refractivity contribution in [2.75, 3.05) is 13.7 Å². The Morgan fingerprint density at radius 3 is 2.77 bits per heavy atom. The summed E-state index contributed by atoms with van der Waals surface area (Å²) in [6.07, 6.45) is 0. The molecular formula is C18H23NO2S. The van der Waals surface area contributed by atoms with Crippen molar-refractivity contribution in [3.8, 4) is 11.5 Å². The summed E-state index contributed by atoms with van der Waals surface area (Å²) in [4.78, 5) is 1.34. The van der Waals surface area contributed by atoms with Gasteiger partial charge in [0.1, 0.15) is 6.61 Å². The number of ether oxygens (including phenoxy) is 2. The topological polar surface area (TPSA) is 30.5 Å². The molecule has 1 heterocycles. The molecule has 3 nitrogen and oxygen atoms in total. The van der Waals surface area contributed by atoms with Crippen molar-refractivity contribution in [3.63, 3.8) is 0 Å². The van der Waals surface area contributed by atoms with Crippen LogP contribution in [0.3, 0.4) is 0 Å². The van der Waals surface area contributed by atoms with E-state index in [0.717, 1.165) is 23.6 Å². The Morgan fingerprint density at radius 2 is 2.14 bits per heavy atom. The summed E-state index contributed by atoms with van der Waals surface area (Å²) in [6, 6.07) is 10.6. The summed E-state index contributed by atoms with van der Waals surface area (Å²) >= 11 is 1.77. The third-order valence-corrected chi connectivity index (χ3v) is 4.34. The molecule has 22 heavy (non-hydrogen) atoms. The number of rotatable bonds is 8. The number of hydrogen-bond donors (Lipinski definition) is 1. The molecule has 1 unspecified atom stereocenters. The van der Waals surface area contributed by atoms with Gasteiger partial charge < -0.3 is 14.8 Å². The van der Waals surface area contributed by atoms with E-state index < -0.39 is 0 Å². The van der Waals surface area contributed by atoms with Crippen molar-refractivity contribution >= 4 is 11.3 Å². The maximum atomic E-state index is 5.76. The van der Waals surface area contributed by atoms with Gasteiger partial charge in [-0.05, 0) is 48.6 Å². The Morgan fingerprint density at radius 1 is 1.32 bits per heavy atom. The Bertz CT molecular complexity index is 608. The SMILES string of the molecule is C=C(C)COc1cc(CNC(C)c2cccs2)ccc1OC. The molecule has 2 aromatic rings.